The number of halogens is 3. The van der Waals surface area contributed by atoms with E-state index < -0.39 is 36.2 Å². The molecule has 3 rings (SSSR count). The highest BCUT2D eigenvalue weighted by atomic mass is 19.4. The minimum absolute atomic E-state index is 0.162. The van der Waals surface area contributed by atoms with Crippen LogP contribution in [-0.2, 0) is 16.1 Å². The van der Waals surface area contributed by atoms with Gasteiger partial charge in [0.05, 0.1) is 18.8 Å². The van der Waals surface area contributed by atoms with Gasteiger partial charge in [-0.25, -0.2) is 4.79 Å². The number of ether oxygens (including phenoxy) is 2. The number of hydrogen-bond acceptors (Lipinski definition) is 6. The van der Waals surface area contributed by atoms with Crippen LogP contribution in [0.4, 0.5) is 13.2 Å². The SMILES string of the molecule is O=C(O)C1(OCc2cccc(-c3ccc(OC(F)(F)F)cc3)c2)C[C@@H](O)C(O)[C@H](O)C1. The first kappa shape index (κ1) is 23.0. The number of aliphatic carboxylic acids is 1. The quantitative estimate of drug-likeness (QED) is 0.543. The van der Waals surface area contributed by atoms with Crippen LogP contribution in [0, 0.1) is 0 Å². The molecule has 168 valence electrons. The number of alkyl halides is 3. The van der Waals surface area contributed by atoms with Crippen LogP contribution >= 0.6 is 0 Å². The number of rotatable bonds is 6. The maximum absolute atomic E-state index is 12.3. The van der Waals surface area contributed by atoms with Gasteiger partial charge in [-0.1, -0.05) is 30.3 Å². The molecule has 2 atom stereocenters. The van der Waals surface area contributed by atoms with Gasteiger partial charge in [-0.2, -0.15) is 0 Å². The van der Waals surface area contributed by atoms with Crippen molar-refractivity contribution in [2.75, 3.05) is 0 Å². The molecule has 4 N–H and O–H groups in total. The van der Waals surface area contributed by atoms with E-state index >= 15 is 0 Å². The lowest BCUT2D eigenvalue weighted by molar-refractivity contribution is -0.274. The van der Waals surface area contributed by atoms with Gasteiger partial charge in [-0.05, 0) is 34.9 Å². The predicted octanol–water partition coefficient (Wildman–Crippen LogP) is 2.47. The van der Waals surface area contributed by atoms with Gasteiger partial charge in [0, 0.05) is 12.8 Å². The Hall–Kier alpha value is -2.66. The van der Waals surface area contributed by atoms with Crippen molar-refractivity contribution in [2.24, 2.45) is 0 Å². The van der Waals surface area contributed by atoms with Gasteiger partial charge in [0.1, 0.15) is 11.9 Å². The summed E-state index contributed by atoms with van der Waals surface area (Å²) in [4.78, 5) is 11.8. The van der Waals surface area contributed by atoms with Crippen molar-refractivity contribution in [2.45, 2.75) is 49.7 Å². The fourth-order valence-corrected chi connectivity index (χ4v) is 3.52. The van der Waals surface area contributed by atoms with Gasteiger partial charge < -0.3 is 29.9 Å². The van der Waals surface area contributed by atoms with E-state index in [-0.39, 0.29) is 25.2 Å². The lowest BCUT2D eigenvalue weighted by Crippen LogP contribution is -2.57. The Labute approximate surface area is 175 Å². The minimum Gasteiger partial charge on any atom is -0.479 e. The molecule has 0 aliphatic heterocycles. The highest BCUT2D eigenvalue weighted by molar-refractivity contribution is 5.78. The van der Waals surface area contributed by atoms with Crippen molar-refractivity contribution in [1.29, 1.82) is 0 Å². The molecule has 31 heavy (non-hydrogen) atoms. The Morgan fingerprint density at radius 1 is 1.00 bits per heavy atom. The molecule has 1 aliphatic rings. The summed E-state index contributed by atoms with van der Waals surface area (Å²) in [6.07, 6.45) is -9.92. The molecule has 0 spiro atoms. The number of carboxylic acid groups (broad SMARTS) is 1. The standard InChI is InChI=1S/C21H21F3O7/c22-21(23,24)31-15-6-4-13(5-7-15)14-3-1-2-12(8-14)11-30-20(19(28)29)9-16(25)18(27)17(26)10-20/h1-8,16-18,25-27H,9-11H2,(H,28,29)/t16-,17-,18?,20?/m1/s1. The summed E-state index contributed by atoms with van der Waals surface area (Å²) < 4.78 is 46.3. The maximum atomic E-state index is 12.3. The van der Waals surface area contributed by atoms with Crippen LogP contribution in [0.3, 0.4) is 0 Å². The average molecular weight is 442 g/mol. The normalized spacial score (nSPS) is 26.5. The third kappa shape index (κ3) is 5.53. The molecule has 1 aliphatic carbocycles. The largest absolute Gasteiger partial charge is 0.573 e. The van der Waals surface area contributed by atoms with Gasteiger partial charge in [-0.15, -0.1) is 13.2 Å². The summed E-state index contributed by atoms with van der Waals surface area (Å²) in [7, 11) is 0. The fourth-order valence-electron chi connectivity index (χ4n) is 3.52. The van der Waals surface area contributed by atoms with Crippen molar-refractivity contribution >= 4 is 5.97 Å². The molecule has 0 radical (unpaired) electrons. The number of benzene rings is 2. The molecule has 0 bridgehead atoms. The van der Waals surface area contributed by atoms with Crippen LogP contribution in [0.2, 0.25) is 0 Å². The van der Waals surface area contributed by atoms with E-state index in [1.54, 1.807) is 24.3 Å². The number of aliphatic hydroxyl groups is 3. The van der Waals surface area contributed by atoms with Crippen LogP contribution in [-0.4, -0.2) is 56.7 Å². The molecule has 1 fully saturated rings. The van der Waals surface area contributed by atoms with Gasteiger partial charge in [0.15, 0.2) is 5.60 Å². The smallest absolute Gasteiger partial charge is 0.479 e. The molecule has 0 saturated heterocycles. The van der Waals surface area contributed by atoms with Gasteiger partial charge >= 0.3 is 12.3 Å². The molecular formula is C21H21F3O7. The topological polar surface area (TPSA) is 116 Å². The molecule has 7 nitrogen and oxygen atoms in total. The van der Waals surface area contributed by atoms with Crippen molar-refractivity contribution < 1.29 is 47.9 Å². The summed E-state index contributed by atoms with van der Waals surface area (Å²) in [5.74, 6) is -1.72. The van der Waals surface area contributed by atoms with Crippen LogP contribution in [0.25, 0.3) is 11.1 Å². The maximum Gasteiger partial charge on any atom is 0.573 e. The zero-order chi connectivity index (χ0) is 22.8. The minimum atomic E-state index is -4.78. The summed E-state index contributed by atoms with van der Waals surface area (Å²) in [6.45, 7) is -0.162. The monoisotopic (exact) mass is 442 g/mol. The molecule has 2 aromatic carbocycles. The Morgan fingerprint density at radius 2 is 1.61 bits per heavy atom. The second-order valence-corrected chi connectivity index (χ2v) is 7.39. The average Bonchev–Trinajstić information content (AvgIpc) is 2.70. The number of hydrogen-bond donors (Lipinski definition) is 4. The van der Waals surface area contributed by atoms with E-state index in [4.69, 9.17) is 4.74 Å². The second kappa shape index (κ2) is 8.83. The van der Waals surface area contributed by atoms with Crippen LogP contribution in [0.1, 0.15) is 18.4 Å². The van der Waals surface area contributed by atoms with E-state index in [9.17, 15) is 38.4 Å². The third-order valence-corrected chi connectivity index (χ3v) is 5.12. The summed E-state index contributed by atoms with van der Waals surface area (Å²) in [5.41, 5.74) is -0.0343. The number of carboxylic acids is 1. The first-order valence-corrected chi connectivity index (χ1v) is 9.36. The van der Waals surface area contributed by atoms with Crippen LogP contribution in [0.15, 0.2) is 48.5 Å². The highest BCUT2D eigenvalue weighted by Crippen LogP contribution is 2.34. The lowest BCUT2D eigenvalue weighted by Gasteiger charge is -2.40. The van der Waals surface area contributed by atoms with Gasteiger partial charge in [0.2, 0.25) is 0 Å². The number of carbonyl (C=O) groups is 1. The summed E-state index contributed by atoms with van der Waals surface area (Å²) >= 11 is 0. The van der Waals surface area contributed by atoms with Gasteiger partial charge in [-0.3, -0.25) is 0 Å². The fraction of sp³-hybridized carbons (Fsp3) is 0.381. The van der Waals surface area contributed by atoms with Crippen molar-refractivity contribution in [1.82, 2.24) is 0 Å². The van der Waals surface area contributed by atoms with Crippen LogP contribution < -0.4 is 4.74 Å². The first-order valence-electron chi connectivity index (χ1n) is 9.36. The van der Waals surface area contributed by atoms with E-state index in [2.05, 4.69) is 4.74 Å². The molecule has 0 heterocycles. The molecule has 0 amide bonds. The molecule has 0 aromatic heterocycles. The molecule has 10 heteroatoms. The molecular weight excluding hydrogens is 421 g/mol. The Kier molecular flexibility index (Phi) is 6.56. The molecule has 0 unspecified atom stereocenters. The van der Waals surface area contributed by atoms with E-state index in [1.165, 1.54) is 24.3 Å². The van der Waals surface area contributed by atoms with Gasteiger partial charge in [0.25, 0.3) is 0 Å². The van der Waals surface area contributed by atoms with E-state index in [1.807, 2.05) is 0 Å². The molecule has 2 aromatic rings. The zero-order valence-electron chi connectivity index (χ0n) is 16.1. The second-order valence-electron chi connectivity index (χ2n) is 7.39. The van der Waals surface area contributed by atoms with Crippen LogP contribution in [0.5, 0.6) is 5.75 Å². The third-order valence-electron chi connectivity index (χ3n) is 5.12. The van der Waals surface area contributed by atoms with E-state index in [0.29, 0.717) is 16.7 Å². The van der Waals surface area contributed by atoms with Crippen molar-refractivity contribution in [3.63, 3.8) is 0 Å². The Bertz CT molecular complexity index is 902. The zero-order valence-corrected chi connectivity index (χ0v) is 16.1. The lowest BCUT2D eigenvalue weighted by atomic mass is 9.79. The Balaban J connectivity index is 1.74. The Morgan fingerprint density at radius 3 is 2.16 bits per heavy atom. The van der Waals surface area contributed by atoms with Crippen molar-refractivity contribution in [3.05, 3.63) is 54.1 Å². The van der Waals surface area contributed by atoms with Crippen molar-refractivity contribution in [3.8, 4) is 16.9 Å². The van der Waals surface area contributed by atoms with E-state index in [0.717, 1.165) is 0 Å². The summed E-state index contributed by atoms with van der Waals surface area (Å²) in [6, 6.07) is 12.0. The summed E-state index contributed by atoms with van der Waals surface area (Å²) in [5, 5.41) is 39.0. The molecule has 1 saturated carbocycles. The predicted molar refractivity (Wildman–Crippen MR) is 101 cm³/mol. The highest BCUT2D eigenvalue weighted by Gasteiger charge is 2.50. The first-order chi connectivity index (χ1) is 14.5. The number of aliphatic hydroxyl groups excluding tert-OH is 3.